The quantitative estimate of drug-likeness (QED) is 0.381. The van der Waals surface area contributed by atoms with Crippen LogP contribution < -0.4 is 0 Å². The van der Waals surface area contributed by atoms with E-state index in [9.17, 15) is 0 Å². The fourth-order valence-corrected chi connectivity index (χ4v) is 4.16. The molecule has 0 saturated heterocycles. The van der Waals surface area contributed by atoms with E-state index in [1.54, 1.807) is 6.33 Å². The van der Waals surface area contributed by atoms with Gasteiger partial charge in [-0.3, -0.25) is 0 Å². The van der Waals surface area contributed by atoms with Crippen molar-refractivity contribution in [2.24, 2.45) is 0 Å². The molecule has 3 nitrogen and oxygen atoms in total. The number of benzene rings is 4. The molecule has 0 N–H and O–H groups in total. The summed E-state index contributed by atoms with van der Waals surface area (Å²) in [5.74, 6) is 1.39. The molecule has 0 atom stereocenters. The van der Waals surface area contributed by atoms with Crippen LogP contribution in [-0.4, -0.2) is 15.0 Å². The largest absolute Gasteiger partial charge is 0.217 e. The highest BCUT2D eigenvalue weighted by Crippen LogP contribution is 2.48. The summed E-state index contributed by atoms with van der Waals surface area (Å²) in [6.45, 7) is 0. The molecule has 1 aromatic heterocycles. The number of rotatable bonds is 2. The smallest absolute Gasteiger partial charge is 0.163 e. The average molecular weight is 357 g/mol. The van der Waals surface area contributed by atoms with Crippen molar-refractivity contribution in [3.8, 4) is 45.0 Å². The summed E-state index contributed by atoms with van der Waals surface area (Å²) in [7, 11) is 0. The lowest BCUT2D eigenvalue weighted by Gasteiger charge is -2.09. The topological polar surface area (TPSA) is 38.7 Å². The molecule has 0 aliphatic heterocycles. The van der Waals surface area contributed by atoms with Crippen LogP contribution in [-0.2, 0) is 0 Å². The lowest BCUT2D eigenvalue weighted by Crippen LogP contribution is -1.95. The van der Waals surface area contributed by atoms with E-state index in [0.717, 1.165) is 11.1 Å². The first kappa shape index (κ1) is 15.2. The summed E-state index contributed by atoms with van der Waals surface area (Å²) in [6, 6.07) is 29.4. The second kappa shape index (κ2) is 5.83. The molecule has 0 saturated carbocycles. The van der Waals surface area contributed by atoms with Gasteiger partial charge in [-0.05, 0) is 39.1 Å². The molecule has 28 heavy (non-hydrogen) atoms. The Balaban J connectivity index is 1.60. The van der Waals surface area contributed by atoms with Crippen molar-refractivity contribution in [3.63, 3.8) is 0 Å². The minimum Gasteiger partial charge on any atom is -0.217 e. The molecule has 1 heterocycles. The summed E-state index contributed by atoms with van der Waals surface area (Å²) in [4.78, 5) is 13.6. The van der Waals surface area contributed by atoms with Crippen LogP contribution in [0.4, 0.5) is 0 Å². The maximum absolute atomic E-state index is 4.77. The second-order valence-corrected chi connectivity index (χ2v) is 6.93. The van der Waals surface area contributed by atoms with Gasteiger partial charge in [0.1, 0.15) is 6.33 Å². The molecule has 0 spiro atoms. The molecule has 3 heteroatoms. The Labute approximate surface area is 162 Å². The molecule has 1 aliphatic rings. The maximum atomic E-state index is 4.77. The lowest BCUT2D eigenvalue weighted by atomic mass is 9.98. The highest BCUT2D eigenvalue weighted by molar-refractivity contribution is 6.18. The molecule has 0 unspecified atom stereocenters. The third kappa shape index (κ3) is 2.13. The van der Waals surface area contributed by atoms with Crippen LogP contribution in [0.5, 0.6) is 0 Å². The molecule has 5 aromatic rings. The van der Waals surface area contributed by atoms with Crippen molar-refractivity contribution in [1.29, 1.82) is 0 Å². The lowest BCUT2D eigenvalue weighted by molar-refractivity contribution is 1.07. The third-order valence-electron chi connectivity index (χ3n) is 5.39. The Morgan fingerprint density at radius 1 is 0.464 bits per heavy atom. The summed E-state index contributed by atoms with van der Waals surface area (Å²) < 4.78 is 0. The minimum atomic E-state index is 0.692. The van der Waals surface area contributed by atoms with Crippen LogP contribution >= 0.6 is 0 Å². The van der Waals surface area contributed by atoms with Gasteiger partial charge in [0.25, 0.3) is 0 Å². The van der Waals surface area contributed by atoms with Crippen molar-refractivity contribution in [2.45, 2.75) is 0 Å². The van der Waals surface area contributed by atoms with E-state index in [1.807, 2.05) is 30.3 Å². The van der Waals surface area contributed by atoms with E-state index < -0.39 is 0 Å². The predicted molar refractivity (Wildman–Crippen MR) is 113 cm³/mol. The second-order valence-electron chi connectivity index (χ2n) is 6.93. The van der Waals surface area contributed by atoms with E-state index >= 15 is 0 Å². The fraction of sp³-hybridized carbons (Fsp3) is 0. The summed E-state index contributed by atoms with van der Waals surface area (Å²) >= 11 is 0. The number of nitrogens with zero attached hydrogens (tertiary/aromatic N) is 3. The molecule has 0 amide bonds. The van der Waals surface area contributed by atoms with Crippen molar-refractivity contribution in [3.05, 3.63) is 91.3 Å². The van der Waals surface area contributed by atoms with Gasteiger partial charge in [-0.1, -0.05) is 78.9 Å². The molecule has 0 bridgehead atoms. The maximum Gasteiger partial charge on any atom is 0.163 e. The van der Waals surface area contributed by atoms with Gasteiger partial charge < -0.3 is 0 Å². The van der Waals surface area contributed by atoms with Crippen LogP contribution in [0.25, 0.3) is 55.8 Å². The average Bonchev–Trinajstić information content (AvgIpc) is 3.11. The van der Waals surface area contributed by atoms with Crippen LogP contribution in [0.15, 0.2) is 91.3 Å². The van der Waals surface area contributed by atoms with Gasteiger partial charge in [-0.2, -0.15) is 0 Å². The third-order valence-corrected chi connectivity index (χ3v) is 5.39. The Kier molecular flexibility index (Phi) is 3.17. The van der Waals surface area contributed by atoms with Gasteiger partial charge >= 0.3 is 0 Å². The monoisotopic (exact) mass is 357 g/mol. The Morgan fingerprint density at radius 2 is 1.11 bits per heavy atom. The van der Waals surface area contributed by atoms with Gasteiger partial charge in [0, 0.05) is 11.1 Å². The van der Waals surface area contributed by atoms with Gasteiger partial charge in [-0.15, -0.1) is 0 Å². The first-order valence-electron chi connectivity index (χ1n) is 9.30. The standard InChI is InChI=1S/C25H15N3/c1-2-7-16(8-3-1)24-26-15-27-25(28-24)22-14-13-21-18-10-5-4-9-17(18)19-11-6-12-20(22)23(19)21/h1-15H. The zero-order valence-corrected chi connectivity index (χ0v) is 15.0. The zero-order valence-electron chi connectivity index (χ0n) is 15.0. The number of hydrogen-bond acceptors (Lipinski definition) is 3. The van der Waals surface area contributed by atoms with Crippen LogP contribution in [0, 0.1) is 0 Å². The van der Waals surface area contributed by atoms with Crippen molar-refractivity contribution >= 4 is 10.8 Å². The Hall–Kier alpha value is -3.85. The van der Waals surface area contributed by atoms with E-state index in [0.29, 0.717) is 11.6 Å². The van der Waals surface area contributed by atoms with Crippen LogP contribution in [0.2, 0.25) is 0 Å². The van der Waals surface area contributed by atoms with Crippen molar-refractivity contribution in [1.82, 2.24) is 15.0 Å². The molecule has 6 rings (SSSR count). The molecule has 130 valence electrons. The van der Waals surface area contributed by atoms with Crippen molar-refractivity contribution < 1.29 is 0 Å². The first-order chi connectivity index (χ1) is 13.9. The molecular weight excluding hydrogens is 342 g/mol. The summed E-state index contributed by atoms with van der Waals surface area (Å²) in [5, 5.41) is 2.46. The first-order valence-corrected chi connectivity index (χ1v) is 9.30. The predicted octanol–water partition coefficient (Wildman–Crippen LogP) is 6.01. The Bertz CT molecular complexity index is 1330. The van der Waals surface area contributed by atoms with E-state index in [4.69, 9.17) is 4.98 Å². The van der Waals surface area contributed by atoms with Gasteiger partial charge in [0.15, 0.2) is 11.6 Å². The van der Waals surface area contributed by atoms with Crippen molar-refractivity contribution in [2.75, 3.05) is 0 Å². The number of fused-ring (bicyclic) bond motifs is 3. The molecule has 0 fully saturated rings. The van der Waals surface area contributed by atoms with Gasteiger partial charge in [-0.25, -0.2) is 15.0 Å². The van der Waals surface area contributed by atoms with Gasteiger partial charge in [0.2, 0.25) is 0 Å². The van der Waals surface area contributed by atoms with E-state index in [1.165, 1.54) is 33.0 Å². The summed E-state index contributed by atoms with van der Waals surface area (Å²) in [5.41, 5.74) is 7.17. The highest BCUT2D eigenvalue weighted by atomic mass is 15.0. The Morgan fingerprint density at radius 3 is 1.93 bits per heavy atom. The fourth-order valence-electron chi connectivity index (χ4n) is 4.16. The molecule has 0 radical (unpaired) electrons. The molecule has 4 aromatic carbocycles. The number of aromatic nitrogens is 3. The molecular formula is C25H15N3. The normalized spacial score (nSPS) is 11.6. The molecule has 1 aliphatic carbocycles. The van der Waals surface area contributed by atoms with E-state index in [-0.39, 0.29) is 0 Å². The SMILES string of the molecule is c1ccc(-c2ncnc(-c3ccc4c5c(cccc35)-c3ccccc3-4)n2)cc1. The van der Waals surface area contributed by atoms with Crippen LogP contribution in [0.3, 0.4) is 0 Å². The van der Waals surface area contributed by atoms with Gasteiger partial charge in [0.05, 0.1) is 0 Å². The number of hydrogen-bond donors (Lipinski definition) is 0. The van der Waals surface area contributed by atoms with E-state index in [2.05, 4.69) is 64.6 Å². The minimum absolute atomic E-state index is 0.692. The van der Waals surface area contributed by atoms with Crippen LogP contribution in [0.1, 0.15) is 0 Å². The summed E-state index contributed by atoms with van der Waals surface area (Å²) in [6.07, 6.45) is 1.60. The highest BCUT2D eigenvalue weighted by Gasteiger charge is 2.22. The zero-order chi connectivity index (χ0) is 18.5.